The van der Waals surface area contributed by atoms with Gasteiger partial charge in [0, 0.05) is 6.54 Å². The summed E-state index contributed by atoms with van der Waals surface area (Å²) >= 11 is 0. The van der Waals surface area contributed by atoms with Gasteiger partial charge in [-0.25, -0.2) is 0 Å². The molecule has 0 aromatic heterocycles. The van der Waals surface area contributed by atoms with E-state index in [4.69, 9.17) is 0 Å². The number of hydrogen-bond donors (Lipinski definition) is 2. The van der Waals surface area contributed by atoms with Gasteiger partial charge < -0.3 is 15.1 Å². The monoisotopic (exact) mass is 221 g/mol. The third-order valence-corrected chi connectivity index (χ3v) is 2.87. The number of likely N-dealkylation sites (tertiary alicyclic amines) is 1. The summed E-state index contributed by atoms with van der Waals surface area (Å²) in [6, 6.07) is 9.03. The summed E-state index contributed by atoms with van der Waals surface area (Å²) in [5.74, 6) is -0.101. The number of benzene rings is 1. The molecular formula is C12H15NO3. The normalized spacial score (nSPS) is 22.5. The Morgan fingerprint density at radius 1 is 1.38 bits per heavy atom. The molecule has 2 N–H and O–H groups in total. The van der Waals surface area contributed by atoms with Crippen molar-refractivity contribution in [3.05, 3.63) is 35.9 Å². The second-order valence-corrected chi connectivity index (χ2v) is 4.01. The van der Waals surface area contributed by atoms with Gasteiger partial charge in [-0.05, 0) is 5.56 Å². The minimum atomic E-state index is -0.606. The third-order valence-electron chi connectivity index (χ3n) is 2.87. The standard InChI is InChI=1S/C12H15NO3/c14-8-11(9-4-2-1-3-5-9)13-7-10(15)6-12(13)16/h1-5,10-11,14-15H,6-8H2. The van der Waals surface area contributed by atoms with Gasteiger partial charge in [0.25, 0.3) is 0 Å². The van der Waals surface area contributed by atoms with E-state index in [-0.39, 0.29) is 25.0 Å². The SMILES string of the molecule is O=C1CC(O)CN1C(CO)c1ccccc1. The van der Waals surface area contributed by atoms with Gasteiger partial charge in [0.1, 0.15) is 0 Å². The highest BCUT2D eigenvalue weighted by atomic mass is 16.3. The molecule has 1 amide bonds. The van der Waals surface area contributed by atoms with Crippen molar-refractivity contribution in [2.24, 2.45) is 0 Å². The highest BCUT2D eigenvalue weighted by molar-refractivity contribution is 5.79. The van der Waals surface area contributed by atoms with Gasteiger partial charge in [0.2, 0.25) is 5.91 Å². The Balaban J connectivity index is 2.20. The van der Waals surface area contributed by atoms with Crippen LogP contribution in [-0.4, -0.2) is 40.3 Å². The van der Waals surface area contributed by atoms with Crippen molar-refractivity contribution in [3.63, 3.8) is 0 Å². The Bertz CT molecular complexity index is 366. The molecule has 1 saturated heterocycles. The molecule has 1 aliphatic heterocycles. The maximum Gasteiger partial charge on any atom is 0.225 e. The Morgan fingerprint density at radius 3 is 2.56 bits per heavy atom. The van der Waals surface area contributed by atoms with E-state index in [0.717, 1.165) is 5.56 Å². The Labute approximate surface area is 94.1 Å². The van der Waals surface area contributed by atoms with Crippen LogP contribution in [0.4, 0.5) is 0 Å². The van der Waals surface area contributed by atoms with Crippen molar-refractivity contribution in [3.8, 4) is 0 Å². The van der Waals surface area contributed by atoms with Gasteiger partial charge in [-0.2, -0.15) is 0 Å². The van der Waals surface area contributed by atoms with Crippen LogP contribution in [0.2, 0.25) is 0 Å². The van der Waals surface area contributed by atoms with Crippen LogP contribution in [0.5, 0.6) is 0 Å². The average Bonchev–Trinajstić information content (AvgIpc) is 2.61. The lowest BCUT2D eigenvalue weighted by Gasteiger charge is -2.26. The summed E-state index contributed by atoms with van der Waals surface area (Å²) in [4.78, 5) is 13.2. The smallest absolute Gasteiger partial charge is 0.225 e. The first-order valence-electron chi connectivity index (χ1n) is 5.35. The lowest BCUT2D eigenvalue weighted by molar-refractivity contribution is -0.130. The topological polar surface area (TPSA) is 60.8 Å². The summed E-state index contributed by atoms with van der Waals surface area (Å²) in [6.45, 7) is 0.182. The van der Waals surface area contributed by atoms with Gasteiger partial charge in [0.15, 0.2) is 0 Å². The molecule has 0 bridgehead atoms. The van der Waals surface area contributed by atoms with Crippen LogP contribution in [-0.2, 0) is 4.79 Å². The van der Waals surface area contributed by atoms with Crippen LogP contribution in [0.25, 0.3) is 0 Å². The molecule has 0 aliphatic carbocycles. The largest absolute Gasteiger partial charge is 0.394 e. The zero-order chi connectivity index (χ0) is 11.5. The Morgan fingerprint density at radius 2 is 2.06 bits per heavy atom. The fourth-order valence-electron chi connectivity index (χ4n) is 2.07. The predicted molar refractivity (Wildman–Crippen MR) is 58.6 cm³/mol. The Kier molecular flexibility index (Phi) is 3.22. The lowest BCUT2D eigenvalue weighted by atomic mass is 10.1. The van der Waals surface area contributed by atoms with E-state index in [1.807, 2.05) is 30.3 Å². The molecule has 4 heteroatoms. The first-order valence-corrected chi connectivity index (χ1v) is 5.35. The molecule has 16 heavy (non-hydrogen) atoms. The highest BCUT2D eigenvalue weighted by Crippen LogP contribution is 2.25. The van der Waals surface area contributed by atoms with Crippen molar-refractivity contribution >= 4 is 5.91 Å². The lowest BCUT2D eigenvalue weighted by Crippen LogP contribution is -2.33. The van der Waals surface area contributed by atoms with E-state index in [2.05, 4.69) is 0 Å². The third kappa shape index (κ3) is 2.08. The second kappa shape index (κ2) is 4.63. The quantitative estimate of drug-likeness (QED) is 0.772. The number of aliphatic hydroxyl groups excluding tert-OH is 2. The minimum absolute atomic E-state index is 0.101. The maximum atomic E-state index is 11.6. The number of amides is 1. The molecule has 1 aromatic carbocycles. The number of carbonyl (C=O) groups excluding carboxylic acids is 1. The maximum absolute atomic E-state index is 11.6. The number of β-amino-alcohol motifs (C(OH)–C–C–N with tert-alkyl or cyclic N) is 1. The van der Waals surface area contributed by atoms with Crippen LogP contribution < -0.4 is 0 Å². The molecule has 0 spiro atoms. The molecule has 2 unspecified atom stereocenters. The number of rotatable bonds is 3. The average molecular weight is 221 g/mol. The first-order chi connectivity index (χ1) is 7.72. The molecule has 0 radical (unpaired) electrons. The van der Waals surface area contributed by atoms with E-state index in [1.54, 1.807) is 4.90 Å². The molecular weight excluding hydrogens is 206 g/mol. The molecule has 2 atom stereocenters. The van der Waals surface area contributed by atoms with Gasteiger partial charge in [-0.3, -0.25) is 4.79 Å². The summed E-state index contributed by atoms with van der Waals surface area (Å²) in [6.07, 6.45) is -0.450. The zero-order valence-electron chi connectivity index (χ0n) is 8.91. The van der Waals surface area contributed by atoms with Crippen molar-refractivity contribution in [1.82, 2.24) is 4.90 Å². The van der Waals surface area contributed by atoms with E-state index < -0.39 is 6.10 Å². The summed E-state index contributed by atoms with van der Waals surface area (Å²) in [5, 5.41) is 18.8. The van der Waals surface area contributed by atoms with Crippen molar-refractivity contribution in [2.75, 3.05) is 13.2 Å². The molecule has 2 rings (SSSR count). The van der Waals surface area contributed by atoms with Gasteiger partial charge in [0.05, 0.1) is 25.2 Å². The van der Waals surface area contributed by atoms with Gasteiger partial charge in [-0.1, -0.05) is 30.3 Å². The van der Waals surface area contributed by atoms with Crippen LogP contribution in [0, 0.1) is 0 Å². The van der Waals surface area contributed by atoms with Crippen molar-refractivity contribution < 1.29 is 15.0 Å². The molecule has 1 heterocycles. The van der Waals surface area contributed by atoms with Gasteiger partial charge in [-0.15, -0.1) is 0 Å². The molecule has 4 nitrogen and oxygen atoms in total. The summed E-state index contributed by atoms with van der Waals surface area (Å²) < 4.78 is 0. The van der Waals surface area contributed by atoms with Crippen molar-refractivity contribution in [1.29, 1.82) is 0 Å². The summed E-state index contributed by atoms with van der Waals surface area (Å²) in [7, 11) is 0. The van der Waals surface area contributed by atoms with E-state index in [1.165, 1.54) is 0 Å². The zero-order valence-corrected chi connectivity index (χ0v) is 8.91. The van der Waals surface area contributed by atoms with Crippen molar-refractivity contribution in [2.45, 2.75) is 18.6 Å². The molecule has 1 fully saturated rings. The van der Waals surface area contributed by atoms with Crippen LogP contribution in [0.3, 0.4) is 0 Å². The molecule has 1 aliphatic rings. The second-order valence-electron chi connectivity index (χ2n) is 4.01. The van der Waals surface area contributed by atoms with Crippen LogP contribution >= 0.6 is 0 Å². The molecule has 1 aromatic rings. The number of hydrogen-bond acceptors (Lipinski definition) is 3. The van der Waals surface area contributed by atoms with Crippen LogP contribution in [0.1, 0.15) is 18.0 Å². The fraction of sp³-hybridized carbons (Fsp3) is 0.417. The summed E-state index contributed by atoms with van der Waals surface area (Å²) in [5.41, 5.74) is 0.896. The Hall–Kier alpha value is -1.39. The predicted octanol–water partition coefficient (Wildman–Crippen LogP) is 0.313. The fourth-order valence-corrected chi connectivity index (χ4v) is 2.07. The number of aliphatic hydroxyl groups is 2. The van der Waals surface area contributed by atoms with Crippen LogP contribution in [0.15, 0.2) is 30.3 Å². The minimum Gasteiger partial charge on any atom is -0.394 e. The number of nitrogens with zero attached hydrogens (tertiary/aromatic N) is 1. The van der Waals surface area contributed by atoms with E-state index >= 15 is 0 Å². The highest BCUT2D eigenvalue weighted by Gasteiger charge is 2.33. The van der Waals surface area contributed by atoms with Gasteiger partial charge >= 0.3 is 0 Å². The number of carbonyl (C=O) groups is 1. The van der Waals surface area contributed by atoms with E-state index in [9.17, 15) is 15.0 Å². The molecule has 86 valence electrons. The first kappa shape index (κ1) is 11.1. The van der Waals surface area contributed by atoms with E-state index in [0.29, 0.717) is 6.54 Å². The molecule has 0 saturated carbocycles.